The number of carbonyl (C=O) groups is 1. The second-order valence-corrected chi connectivity index (χ2v) is 3.36. The van der Waals surface area contributed by atoms with Crippen molar-refractivity contribution in [1.29, 1.82) is 0 Å². The molecule has 0 saturated carbocycles. The van der Waals surface area contributed by atoms with Crippen LogP contribution in [0.5, 0.6) is 0 Å². The summed E-state index contributed by atoms with van der Waals surface area (Å²) in [7, 11) is 3.73. The van der Waals surface area contributed by atoms with Gasteiger partial charge in [-0.3, -0.25) is 0 Å². The van der Waals surface area contributed by atoms with Crippen LogP contribution < -0.4 is 0 Å². The normalized spacial score (nSPS) is 10.6. The molecule has 76 valence electrons. The van der Waals surface area contributed by atoms with Crippen molar-refractivity contribution in [2.75, 3.05) is 14.1 Å². The molecule has 1 rings (SSSR count). The molecule has 0 aromatic heterocycles. The van der Waals surface area contributed by atoms with Gasteiger partial charge in [0.25, 0.3) is 0 Å². The Balaban J connectivity index is 2.94. The van der Waals surface area contributed by atoms with Crippen molar-refractivity contribution in [2.45, 2.75) is 6.54 Å². The first kappa shape index (κ1) is 10.7. The smallest absolute Gasteiger partial charge is 0.338 e. The molecule has 1 N–H and O–H groups in total. The minimum absolute atomic E-state index is 0.285. The van der Waals surface area contributed by atoms with Gasteiger partial charge in [0.15, 0.2) is 0 Å². The summed E-state index contributed by atoms with van der Waals surface area (Å²) in [5.41, 5.74) is 0.477. The van der Waals surface area contributed by atoms with Crippen molar-refractivity contribution >= 4 is 5.97 Å². The first-order chi connectivity index (χ1) is 6.50. The van der Waals surface area contributed by atoms with Crippen LogP contribution in [0.3, 0.4) is 0 Å². The molecule has 0 fully saturated rings. The van der Waals surface area contributed by atoms with Gasteiger partial charge in [0.1, 0.15) is 5.82 Å². The highest BCUT2D eigenvalue weighted by Crippen LogP contribution is 2.11. The van der Waals surface area contributed by atoms with Crippen LogP contribution in [0.25, 0.3) is 0 Å². The Labute approximate surface area is 81.8 Å². The lowest BCUT2D eigenvalue weighted by Gasteiger charge is -2.09. The van der Waals surface area contributed by atoms with Crippen molar-refractivity contribution < 1.29 is 14.3 Å². The topological polar surface area (TPSA) is 40.5 Å². The number of hydrogen-bond acceptors (Lipinski definition) is 2. The van der Waals surface area contributed by atoms with Gasteiger partial charge >= 0.3 is 5.97 Å². The maximum absolute atomic E-state index is 13.2. The third-order valence-corrected chi connectivity index (χ3v) is 1.76. The molecular formula is C10H12FNO2. The van der Waals surface area contributed by atoms with Crippen LogP contribution in [-0.2, 0) is 6.54 Å². The first-order valence-corrected chi connectivity index (χ1v) is 4.17. The number of aromatic carboxylic acids is 1. The van der Waals surface area contributed by atoms with E-state index >= 15 is 0 Å². The Hall–Kier alpha value is -1.42. The summed E-state index contributed by atoms with van der Waals surface area (Å²) in [4.78, 5) is 12.4. The number of benzene rings is 1. The summed E-state index contributed by atoms with van der Waals surface area (Å²) in [6.07, 6.45) is 0. The molecule has 4 heteroatoms. The molecule has 1 aromatic rings. The molecule has 0 heterocycles. The van der Waals surface area contributed by atoms with E-state index in [-0.39, 0.29) is 5.56 Å². The van der Waals surface area contributed by atoms with E-state index in [1.54, 1.807) is 6.07 Å². The fourth-order valence-electron chi connectivity index (χ4n) is 1.20. The van der Waals surface area contributed by atoms with Gasteiger partial charge in [0, 0.05) is 6.54 Å². The summed E-state index contributed by atoms with van der Waals surface area (Å²) in [5.74, 6) is -1.92. The largest absolute Gasteiger partial charge is 0.478 e. The van der Waals surface area contributed by atoms with Gasteiger partial charge in [-0.05, 0) is 31.8 Å². The van der Waals surface area contributed by atoms with Gasteiger partial charge in [0.05, 0.1) is 5.56 Å². The Morgan fingerprint density at radius 1 is 1.50 bits per heavy atom. The number of nitrogens with zero attached hydrogens (tertiary/aromatic N) is 1. The molecule has 0 unspecified atom stereocenters. The molecule has 0 aliphatic rings. The fourth-order valence-corrected chi connectivity index (χ4v) is 1.20. The highest BCUT2D eigenvalue weighted by Gasteiger charge is 2.10. The summed E-state index contributed by atoms with van der Waals surface area (Å²) in [6.45, 7) is 0.594. The molecule has 14 heavy (non-hydrogen) atoms. The molecule has 0 atom stereocenters. The molecular weight excluding hydrogens is 185 g/mol. The van der Waals surface area contributed by atoms with Crippen LogP contribution in [0.15, 0.2) is 18.2 Å². The predicted octanol–water partition coefficient (Wildman–Crippen LogP) is 1.59. The van der Waals surface area contributed by atoms with Crippen LogP contribution in [-0.4, -0.2) is 30.1 Å². The quantitative estimate of drug-likeness (QED) is 0.799. The van der Waals surface area contributed by atoms with E-state index in [9.17, 15) is 9.18 Å². The minimum atomic E-state index is -1.24. The molecule has 1 aromatic carbocycles. The lowest BCUT2D eigenvalue weighted by atomic mass is 10.1. The molecule has 0 saturated heterocycles. The maximum atomic E-state index is 13.2. The second-order valence-electron chi connectivity index (χ2n) is 3.36. The Bertz CT molecular complexity index is 350. The average molecular weight is 197 g/mol. The van der Waals surface area contributed by atoms with Crippen LogP contribution in [0.1, 0.15) is 15.9 Å². The van der Waals surface area contributed by atoms with Crippen molar-refractivity contribution in [3.63, 3.8) is 0 Å². The van der Waals surface area contributed by atoms with Crippen LogP contribution in [0, 0.1) is 5.82 Å². The van der Waals surface area contributed by atoms with Crippen molar-refractivity contribution in [2.24, 2.45) is 0 Å². The van der Waals surface area contributed by atoms with Crippen molar-refractivity contribution in [3.8, 4) is 0 Å². The summed E-state index contributed by atoms with van der Waals surface area (Å²) < 4.78 is 13.2. The van der Waals surface area contributed by atoms with Gasteiger partial charge in [-0.1, -0.05) is 6.07 Å². The van der Waals surface area contributed by atoms with E-state index in [1.165, 1.54) is 12.1 Å². The number of carboxylic acid groups (broad SMARTS) is 1. The number of carboxylic acids is 1. The summed E-state index contributed by atoms with van der Waals surface area (Å²) in [5, 5.41) is 8.59. The third kappa shape index (κ3) is 2.53. The second kappa shape index (κ2) is 4.19. The van der Waals surface area contributed by atoms with Crippen molar-refractivity contribution in [1.82, 2.24) is 4.90 Å². The molecule has 3 nitrogen and oxygen atoms in total. The van der Waals surface area contributed by atoms with E-state index in [2.05, 4.69) is 0 Å². The van der Waals surface area contributed by atoms with Crippen LogP contribution >= 0.6 is 0 Å². The van der Waals surface area contributed by atoms with E-state index in [0.717, 1.165) is 5.56 Å². The lowest BCUT2D eigenvalue weighted by molar-refractivity contribution is 0.0692. The molecule has 0 radical (unpaired) electrons. The maximum Gasteiger partial charge on any atom is 0.338 e. The van der Waals surface area contributed by atoms with Crippen LogP contribution in [0.2, 0.25) is 0 Å². The summed E-state index contributed by atoms with van der Waals surface area (Å²) >= 11 is 0. The number of rotatable bonds is 3. The van der Waals surface area contributed by atoms with Gasteiger partial charge in [-0.15, -0.1) is 0 Å². The molecule has 0 aliphatic heterocycles. The van der Waals surface area contributed by atoms with Gasteiger partial charge in [0.2, 0.25) is 0 Å². The van der Waals surface area contributed by atoms with E-state index < -0.39 is 11.8 Å². The lowest BCUT2D eigenvalue weighted by Crippen LogP contribution is -2.11. The SMILES string of the molecule is CN(C)Cc1ccc(C(=O)O)c(F)c1. The first-order valence-electron chi connectivity index (χ1n) is 4.17. The highest BCUT2D eigenvalue weighted by atomic mass is 19.1. The fraction of sp³-hybridized carbons (Fsp3) is 0.300. The molecule has 0 bridgehead atoms. The van der Waals surface area contributed by atoms with Gasteiger partial charge in [-0.2, -0.15) is 0 Å². The monoisotopic (exact) mass is 197 g/mol. The average Bonchev–Trinajstić information content (AvgIpc) is 2.01. The zero-order valence-corrected chi connectivity index (χ0v) is 8.12. The van der Waals surface area contributed by atoms with Crippen LogP contribution in [0.4, 0.5) is 4.39 Å². The zero-order chi connectivity index (χ0) is 10.7. The van der Waals surface area contributed by atoms with Gasteiger partial charge in [-0.25, -0.2) is 9.18 Å². The molecule has 0 amide bonds. The Morgan fingerprint density at radius 2 is 2.14 bits per heavy atom. The van der Waals surface area contributed by atoms with Gasteiger partial charge < -0.3 is 10.0 Å². The Morgan fingerprint density at radius 3 is 2.57 bits per heavy atom. The Kier molecular flexibility index (Phi) is 3.19. The number of halogens is 1. The minimum Gasteiger partial charge on any atom is -0.478 e. The zero-order valence-electron chi connectivity index (χ0n) is 8.12. The van der Waals surface area contributed by atoms with E-state index in [1.807, 2.05) is 19.0 Å². The van der Waals surface area contributed by atoms with E-state index in [0.29, 0.717) is 6.54 Å². The standard InChI is InChI=1S/C10H12FNO2/c1-12(2)6-7-3-4-8(10(13)14)9(11)5-7/h3-5H,6H2,1-2H3,(H,13,14). The third-order valence-electron chi connectivity index (χ3n) is 1.76. The van der Waals surface area contributed by atoms with E-state index in [4.69, 9.17) is 5.11 Å². The van der Waals surface area contributed by atoms with Crippen molar-refractivity contribution in [3.05, 3.63) is 35.1 Å². The predicted molar refractivity (Wildman–Crippen MR) is 50.8 cm³/mol. The highest BCUT2D eigenvalue weighted by molar-refractivity contribution is 5.87. The summed E-state index contributed by atoms with van der Waals surface area (Å²) in [6, 6.07) is 4.16. The number of hydrogen-bond donors (Lipinski definition) is 1. The molecule has 0 aliphatic carbocycles. The molecule has 0 spiro atoms.